The summed E-state index contributed by atoms with van der Waals surface area (Å²) < 4.78 is 72.0. The van der Waals surface area contributed by atoms with Crippen LogP contribution in [0.5, 0.6) is 5.88 Å². The summed E-state index contributed by atoms with van der Waals surface area (Å²) in [6, 6.07) is 4.63. The Morgan fingerprint density at radius 1 is 1.12 bits per heavy atom. The summed E-state index contributed by atoms with van der Waals surface area (Å²) in [5.41, 5.74) is -1.19. The molecule has 1 aliphatic heterocycles. The number of hydrogen-bond acceptors (Lipinski definition) is 5. The van der Waals surface area contributed by atoms with Crippen molar-refractivity contribution < 1.29 is 31.5 Å². The van der Waals surface area contributed by atoms with E-state index < -0.39 is 35.4 Å². The van der Waals surface area contributed by atoms with Gasteiger partial charge in [-0.05, 0) is 31.0 Å². The molecule has 1 saturated heterocycles. The Morgan fingerprint density at radius 2 is 1.85 bits per heavy atom. The van der Waals surface area contributed by atoms with Crippen molar-refractivity contribution in [1.82, 2.24) is 19.9 Å². The fourth-order valence-electron chi connectivity index (χ4n) is 3.59. The predicted molar refractivity (Wildman–Crippen MR) is 111 cm³/mol. The summed E-state index contributed by atoms with van der Waals surface area (Å²) in [6.07, 6.45) is -1.82. The van der Waals surface area contributed by atoms with Crippen LogP contribution in [-0.2, 0) is 6.18 Å². The van der Waals surface area contributed by atoms with Gasteiger partial charge >= 0.3 is 6.18 Å². The highest BCUT2D eigenvalue weighted by atomic mass is 35.5. The molecule has 178 valence electrons. The molecule has 1 aliphatic rings. The first-order valence-electron chi connectivity index (χ1n) is 10.1. The molecule has 0 saturated carbocycles. The zero-order chi connectivity index (χ0) is 24.5. The van der Waals surface area contributed by atoms with Crippen molar-refractivity contribution in [3.63, 3.8) is 0 Å². The molecule has 0 unspecified atom stereocenters. The number of alkyl halides is 3. The quantitative estimate of drug-likeness (QED) is 0.464. The van der Waals surface area contributed by atoms with Crippen LogP contribution in [0.25, 0.3) is 11.4 Å². The van der Waals surface area contributed by atoms with E-state index in [2.05, 4.69) is 15.0 Å². The number of aromatic nitrogens is 3. The van der Waals surface area contributed by atoms with E-state index in [9.17, 15) is 26.7 Å². The molecule has 1 amide bonds. The molecule has 2 aromatic heterocycles. The lowest BCUT2D eigenvalue weighted by atomic mass is 10.0. The number of nitrogens with zero attached hydrogens (tertiary/aromatic N) is 4. The average Bonchev–Trinajstić information content (AvgIpc) is 2.80. The number of carbonyl (C=O) groups excluding carboxylic acids is 1. The number of amides is 1. The van der Waals surface area contributed by atoms with E-state index in [1.165, 1.54) is 17.0 Å². The Labute approximate surface area is 195 Å². The molecule has 0 bridgehead atoms. The number of benzene rings is 1. The van der Waals surface area contributed by atoms with Crippen LogP contribution in [0.3, 0.4) is 0 Å². The number of carbonyl (C=O) groups is 1. The Morgan fingerprint density at radius 3 is 2.53 bits per heavy atom. The zero-order valence-corrected chi connectivity index (χ0v) is 18.1. The average molecular weight is 499 g/mol. The second kappa shape index (κ2) is 9.49. The molecule has 1 atom stereocenters. The highest BCUT2D eigenvalue weighted by Gasteiger charge is 2.33. The lowest BCUT2D eigenvalue weighted by molar-refractivity contribution is -0.137. The van der Waals surface area contributed by atoms with Gasteiger partial charge < -0.3 is 9.64 Å². The number of piperidine rings is 1. The lowest BCUT2D eigenvalue weighted by Gasteiger charge is -2.33. The number of ether oxygens (including phenoxy) is 1. The van der Waals surface area contributed by atoms with Crippen molar-refractivity contribution in [2.45, 2.75) is 25.1 Å². The molecule has 4 rings (SSSR count). The van der Waals surface area contributed by atoms with E-state index in [1.807, 2.05) is 0 Å². The van der Waals surface area contributed by atoms with Crippen molar-refractivity contribution in [2.24, 2.45) is 0 Å². The lowest BCUT2D eigenvalue weighted by Crippen LogP contribution is -2.44. The van der Waals surface area contributed by atoms with Gasteiger partial charge in [-0.2, -0.15) is 13.2 Å². The van der Waals surface area contributed by atoms with Crippen molar-refractivity contribution in [3.05, 3.63) is 70.6 Å². The third kappa shape index (κ3) is 5.09. The Bertz CT molecular complexity index is 1210. The fraction of sp³-hybridized carbons (Fsp3) is 0.273. The molecule has 0 N–H and O–H groups in total. The summed E-state index contributed by atoms with van der Waals surface area (Å²) in [4.78, 5) is 25.9. The minimum atomic E-state index is -4.60. The number of halogens is 6. The smallest absolute Gasteiger partial charge is 0.417 e. The van der Waals surface area contributed by atoms with Gasteiger partial charge in [0, 0.05) is 12.7 Å². The summed E-state index contributed by atoms with van der Waals surface area (Å²) in [5, 5.41) is -0.306. The van der Waals surface area contributed by atoms with Crippen LogP contribution >= 0.6 is 11.6 Å². The standard InChI is InChI=1S/C22H16ClF5N4O2/c23-16-7-12(22(26,27)28)8-31-20(16)34-14-3-2-6-32(11-14)21(33)15-4-1-5-17(25)18(15)19-29-9-13(24)10-30-19/h1,4-5,7-10,14H,2-3,6,11H2/t14-/m1/s1. The van der Waals surface area contributed by atoms with Crippen LogP contribution in [0.4, 0.5) is 22.0 Å². The van der Waals surface area contributed by atoms with Crippen molar-refractivity contribution in [2.75, 3.05) is 13.1 Å². The van der Waals surface area contributed by atoms with E-state index in [0.717, 1.165) is 24.5 Å². The Kier molecular flexibility index (Phi) is 6.65. The first kappa shape index (κ1) is 23.8. The molecule has 0 radical (unpaired) electrons. The van der Waals surface area contributed by atoms with E-state index in [1.54, 1.807) is 0 Å². The summed E-state index contributed by atoms with van der Waals surface area (Å²) in [6.45, 7) is 0.408. The molecular weight excluding hydrogens is 483 g/mol. The summed E-state index contributed by atoms with van der Waals surface area (Å²) >= 11 is 5.92. The SMILES string of the molecule is O=C(c1cccc(F)c1-c1ncc(F)cn1)N1CCC[C@@H](Oc2ncc(C(F)(F)F)cc2Cl)C1. The Balaban J connectivity index is 1.54. The second-order valence-electron chi connectivity index (χ2n) is 7.53. The zero-order valence-electron chi connectivity index (χ0n) is 17.3. The van der Waals surface area contributed by atoms with Crippen molar-refractivity contribution >= 4 is 17.5 Å². The van der Waals surface area contributed by atoms with Gasteiger partial charge in [0.25, 0.3) is 5.91 Å². The highest BCUT2D eigenvalue weighted by molar-refractivity contribution is 6.31. The van der Waals surface area contributed by atoms with Gasteiger partial charge in [0.05, 0.1) is 35.6 Å². The molecule has 12 heteroatoms. The van der Waals surface area contributed by atoms with Gasteiger partial charge in [-0.3, -0.25) is 4.79 Å². The Hall–Kier alpha value is -3.34. The number of hydrogen-bond donors (Lipinski definition) is 0. The number of pyridine rings is 1. The first-order valence-corrected chi connectivity index (χ1v) is 10.5. The minimum Gasteiger partial charge on any atom is -0.471 e. The van der Waals surface area contributed by atoms with Crippen LogP contribution in [-0.4, -0.2) is 45.0 Å². The predicted octanol–water partition coefficient (Wildman–Crippen LogP) is 5.17. The molecule has 6 nitrogen and oxygen atoms in total. The van der Waals surface area contributed by atoms with E-state index >= 15 is 0 Å². The third-order valence-corrected chi connectivity index (χ3v) is 5.44. The molecule has 3 aromatic rings. The van der Waals surface area contributed by atoms with Gasteiger partial charge in [-0.15, -0.1) is 0 Å². The van der Waals surface area contributed by atoms with Gasteiger partial charge in [0.15, 0.2) is 11.6 Å². The van der Waals surface area contributed by atoms with Gasteiger partial charge in [0.1, 0.15) is 16.9 Å². The fourth-order valence-corrected chi connectivity index (χ4v) is 3.80. The van der Waals surface area contributed by atoms with Crippen molar-refractivity contribution in [1.29, 1.82) is 0 Å². The molecule has 1 aromatic carbocycles. The monoisotopic (exact) mass is 498 g/mol. The minimum absolute atomic E-state index is 0.0158. The van der Waals surface area contributed by atoms with Crippen LogP contribution in [0.15, 0.2) is 42.9 Å². The highest BCUT2D eigenvalue weighted by Crippen LogP contribution is 2.34. The van der Waals surface area contributed by atoms with Crippen molar-refractivity contribution in [3.8, 4) is 17.3 Å². The van der Waals surface area contributed by atoms with Gasteiger partial charge in [0.2, 0.25) is 5.88 Å². The molecule has 0 spiro atoms. The summed E-state index contributed by atoms with van der Waals surface area (Å²) in [7, 11) is 0. The van der Waals surface area contributed by atoms with E-state index in [-0.39, 0.29) is 34.4 Å². The van der Waals surface area contributed by atoms with E-state index in [0.29, 0.717) is 25.6 Å². The molecule has 3 heterocycles. The second-order valence-corrected chi connectivity index (χ2v) is 7.94. The number of likely N-dealkylation sites (tertiary alicyclic amines) is 1. The molecule has 1 fully saturated rings. The first-order chi connectivity index (χ1) is 16.1. The number of rotatable bonds is 4. The van der Waals surface area contributed by atoms with E-state index in [4.69, 9.17) is 16.3 Å². The van der Waals surface area contributed by atoms with Gasteiger partial charge in [-0.1, -0.05) is 17.7 Å². The van der Waals surface area contributed by atoms with Gasteiger partial charge in [-0.25, -0.2) is 23.7 Å². The van der Waals surface area contributed by atoms with Crippen LogP contribution in [0.1, 0.15) is 28.8 Å². The largest absolute Gasteiger partial charge is 0.471 e. The summed E-state index contributed by atoms with van der Waals surface area (Å²) in [5.74, 6) is -2.31. The van der Waals surface area contributed by atoms with Crippen LogP contribution in [0.2, 0.25) is 5.02 Å². The van der Waals surface area contributed by atoms with Crippen LogP contribution in [0, 0.1) is 11.6 Å². The molecular formula is C22H16ClF5N4O2. The molecule has 0 aliphatic carbocycles. The normalized spacial score (nSPS) is 16.4. The maximum atomic E-state index is 14.6. The van der Waals surface area contributed by atoms with Crippen LogP contribution < -0.4 is 4.74 Å². The maximum Gasteiger partial charge on any atom is 0.417 e. The topological polar surface area (TPSA) is 68.2 Å². The maximum absolute atomic E-state index is 14.6. The third-order valence-electron chi connectivity index (χ3n) is 5.17. The molecule has 34 heavy (non-hydrogen) atoms.